The van der Waals surface area contributed by atoms with Gasteiger partial charge in [0.2, 0.25) is 0 Å². The van der Waals surface area contributed by atoms with E-state index in [1.54, 1.807) is 0 Å². The molecule has 1 aliphatic heterocycles. The number of unbranched alkanes of at least 4 members (excludes halogenated alkanes) is 1. The van der Waals surface area contributed by atoms with Crippen molar-refractivity contribution in [2.75, 3.05) is 13.7 Å². The molecule has 0 aromatic rings. The number of carbonyl (C=O) groups is 2. The summed E-state index contributed by atoms with van der Waals surface area (Å²) >= 11 is 0. The summed E-state index contributed by atoms with van der Waals surface area (Å²) in [6.07, 6.45) is 1.83. The molecule has 1 aliphatic carbocycles. The highest BCUT2D eigenvalue weighted by atomic mass is 16.6. The molecule has 0 spiro atoms. The number of hydrogen-bond donors (Lipinski definition) is 1. The highest BCUT2D eigenvalue weighted by Gasteiger charge is 2.56. The molecule has 108 valence electrons. The molecular weight excluding hydrogens is 250 g/mol. The van der Waals surface area contributed by atoms with Gasteiger partial charge in [-0.05, 0) is 25.2 Å². The predicted octanol–water partition coefficient (Wildman–Crippen LogP) is 0.920. The molecule has 0 aromatic carbocycles. The van der Waals surface area contributed by atoms with Crippen molar-refractivity contribution in [3.63, 3.8) is 0 Å². The highest BCUT2D eigenvalue weighted by molar-refractivity contribution is 5.83. The first-order valence-electron chi connectivity index (χ1n) is 6.81. The smallest absolute Gasteiger partial charge is 0.410 e. The van der Waals surface area contributed by atoms with Gasteiger partial charge in [-0.15, -0.1) is 0 Å². The van der Waals surface area contributed by atoms with Gasteiger partial charge in [0.25, 0.3) is 0 Å². The fourth-order valence-corrected chi connectivity index (χ4v) is 3.07. The Morgan fingerprint density at radius 1 is 1.37 bits per heavy atom. The number of fused-ring (bicyclic) bond motifs is 2. The molecule has 2 fully saturated rings. The van der Waals surface area contributed by atoms with Crippen LogP contribution in [0.5, 0.6) is 0 Å². The molecule has 19 heavy (non-hydrogen) atoms. The van der Waals surface area contributed by atoms with Crippen molar-refractivity contribution in [1.82, 2.24) is 4.90 Å². The molecule has 0 radical (unpaired) electrons. The van der Waals surface area contributed by atoms with E-state index >= 15 is 0 Å². The monoisotopic (exact) mass is 271 g/mol. The number of hydrogen-bond acceptors (Lipinski definition) is 5. The number of aliphatic hydroxyl groups excluding tert-OH is 1. The van der Waals surface area contributed by atoms with Crippen LogP contribution in [-0.4, -0.2) is 54.0 Å². The quantitative estimate of drug-likeness (QED) is 0.608. The largest absolute Gasteiger partial charge is 0.467 e. The SMILES string of the molecule is CCCCOC(=O)N1[C@@H]2C[C@@H](C[C@H]2O)[C@H]1C(=O)OC. The van der Waals surface area contributed by atoms with Crippen molar-refractivity contribution in [3.8, 4) is 0 Å². The second kappa shape index (κ2) is 5.77. The number of rotatable bonds is 4. The number of amides is 1. The molecular formula is C13H21NO5. The Hall–Kier alpha value is -1.30. The van der Waals surface area contributed by atoms with Crippen LogP contribution < -0.4 is 0 Å². The summed E-state index contributed by atoms with van der Waals surface area (Å²) < 4.78 is 9.92. The average molecular weight is 271 g/mol. The lowest BCUT2D eigenvalue weighted by molar-refractivity contribution is -0.149. The average Bonchev–Trinajstić information content (AvgIpc) is 2.94. The lowest BCUT2D eigenvalue weighted by Crippen LogP contribution is -2.54. The maximum absolute atomic E-state index is 12.1. The summed E-state index contributed by atoms with van der Waals surface area (Å²) in [5, 5.41) is 9.88. The van der Waals surface area contributed by atoms with E-state index < -0.39 is 24.2 Å². The van der Waals surface area contributed by atoms with E-state index in [2.05, 4.69) is 0 Å². The van der Waals surface area contributed by atoms with Gasteiger partial charge in [0.1, 0.15) is 6.04 Å². The molecule has 1 amide bonds. The van der Waals surface area contributed by atoms with E-state index in [9.17, 15) is 14.7 Å². The van der Waals surface area contributed by atoms with Crippen molar-refractivity contribution in [2.45, 2.75) is 50.8 Å². The zero-order valence-corrected chi connectivity index (χ0v) is 11.4. The van der Waals surface area contributed by atoms with Gasteiger partial charge < -0.3 is 14.6 Å². The highest BCUT2D eigenvalue weighted by Crippen LogP contribution is 2.43. The third-order valence-corrected chi connectivity index (χ3v) is 4.01. The molecule has 1 saturated heterocycles. The van der Waals surface area contributed by atoms with Crippen molar-refractivity contribution in [3.05, 3.63) is 0 Å². The van der Waals surface area contributed by atoms with Gasteiger partial charge in [0.05, 0.1) is 25.9 Å². The Kier molecular flexibility index (Phi) is 4.29. The second-order valence-corrected chi connectivity index (χ2v) is 5.21. The maximum Gasteiger partial charge on any atom is 0.410 e. The van der Waals surface area contributed by atoms with Gasteiger partial charge >= 0.3 is 12.1 Å². The Morgan fingerprint density at radius 2 is 2.11 bits per heavy atom. The molecule has 1 saturated carbocycles. The van der Waals surface area contributed by atoms with Crippen LogP contribution in [0.2, 0.25) is 0 Å². The first-order chi connectivity index (χ1) is 9.10. The van der Waals surface area contributed by atoms with Crippen LogP contribution >= 0.6 is 0 Å². The first kappa shape index (κ1) is 14.1. The minimum atomic E-state index is -0.604. The van der Waals surface area contributed by atoms with Gasteiger partial charge in [-0.3, -0.25) is 4.90 Å². The zero-order chi connectivity index (χ0) is 14.0. The van der Waals surface area contributed by atoms with Gasteiger partial charge in [0.15, 0.2) is 0 Å². The maximum atomic E-state index is 12.1. The van der Waals surface area contributed by atoms with Crippen LogP contribution in [0, 0.1) is 5.92 Å². The summed E-state index contributed by atoms with van der Waals surface area (Å²) in [4.78, 5) is 25.2. The number of nitrogens with zero attached hydrogens (tertiary/aromatic N) is 1. The number of ether oxygens (including phenoxy) is 2. The summed E-state index contributed by atoms with van der Waals surface area (Å²) in [6, 6.07) is -0.921. The fraction of sp³-hybridized carbons (Fsp3) is 0.846. The summed E-state index contributed by atoms with van der Waals surface area (Å²) in [5.74, 6) is -0.446. The van der Waals surface area contributed by atoms with E-state index in [-0.39, 0.29) is 12.0 Å². The predicted molar refractivity (Wildman–Crippen MR) is 66.4 cm³/mol. The minimum Gasteiger partial charge on any atom is -0.467 e. The van der Waals surface area contributed by atoms with Gasteiger partial charge in [0, 0.05) is 0 Å². The third-order valence-electron chi connectivity index (χ3n) is 4.01. The minimum absolute atomic E-state index is 0.0221. The molecule has 6 nitrogen and oxygen atoms in total. The van der Waals surface area contributed by atoms with E-state index in [4.69, 9.17) is 9.47 Å². The van der Waals surface area contributed by atoms with Gasteiger partial charge in [-0.25, -0.2) is 9.59 Å². The normalized spacial score (nSPS) is 32.5. The van der Waals surface area contributed by atoms with E-state index in [0.717, 1.165) is 12.8 Å². The Balaban J connectivity index is 2.06. The number of carbonyl (C=O) groups excluding carboxylic acids is 2. The summed E-state index contributed by atoms with van der Waals surface area (Å²) in [7, 11) is 1.31. The number of piperidine rings is 1. The molecule has 0 aromatic heterocycles. The van der Waals surface area contributed by atoms with Crippen molar-refractivity contribution < 1.29 is 24.2 Å². The Morgan fingerprint density at radius 3 is 2.74 bits per heavy atom. The molecule has 2 rings (SSSR count). The molecule has 1 N–H and O–H groups in total. The second-order valence-electron chi connectivity index (χ2n) is 5.21. The van der Waals surface area contributed by atoms with E-state index in [0.29, 0.717) is 19.4 Å². The number of methoxy groups -OCH3 is 1. The van der Waals surface area contributed by atoms with Crippen LogP contribution in [0.1, 0.15) is 32.6 Å². The number of likely N-dealkylation sites (tertiary alicyclic amines) is 1. The summed E-state index contributed by atoms with van der Waals surface area (Å²) in [5.41, 5.74) is 0. The standard InChI is InChI=1S/C13H21NO5/c1-3-4-5-19-13(17)14-9-6-8(7-10(9)15)11(14)12(16)18-2/h8-11,15H,3-7H2,1-2H3/t8-,9+,10+,11-/m0/s1. The Labute approximate surface area is 112 Å². The topological polar surface area (TPSA) is 76.1 Å². The van der Waals surface area contributed by atoms with Crippen molar-refractivity contribution in [2.24, 2.45) is 5.92 Å². The van der Waals surface area contributed by atoms with Crippen molar-refractivity contribution >= 4 is 12.1 Å². The molecule has 1 heterocycles. The number of esters is 1. The molecule has 2 aliphatic rings. The fourth-order valence-electron chi connectivity index (χ4n) is 3.07. The van der Waals surface area contributed by atoms with E-state index in [1.807, 2.05) is 6.92 Å². The lowest BCUT2D eigenvalue weighted by atomic mass is 9.98. The Bertz CT molecular complexity index is 359. The lowest BCUT2D eigenvalue weighted by Gasteiger charge is -2.35. The molecule has 0 unspecified atom stereocenters. The van der Waals surface area contributed by atoms with Crippen LogP contribution in [0.3, 0.4) is 0 Å². The van der Waals surface area contributed by atoms with Crippen molar-refractivity contribution in [1.29, 1.82) is 0 Å². The van der Waals surface area contributed by atoms with Crippen LogP contribution in [-0.2, 0) is 14.3 Å². The summed E-state index contributed by atoms with van der Waals surface area (Å²) in [6.45, 7) is 2.35. The van der Waals surface area contributed by atoms with Crippen LogP contribution in [0.4, 0.5) is 4.79 Å². The van der Waals surface area contributed by atoms with Gasteiger partial charge in [-0.1, -0.05) is 13.3 Å². The van der Waals surface area contributed by atoms with E-state index in [1.165, 1.54) is 12.0 Å². The van der Waals surface area contributed by atoms with Crippen LogP contribution in [0.15, 0.2) is 0 Å². The molecule has 2 bridgehead atoms. The number of aliphatic hydroxyl groups is 1. The molecule has 4 atom stereocenters. The third kappa shape index (κ3) is 2.54. The van der Waals surface area contributed by atoms with Gasteiger partial charge in [-0.2, -0.15) is 0 Å². The molecule has 6 heteroatoms. The first-order valence-corrected chi connectivity index (χ1v) is 6.81. The van der Waals surface area contributed by atoms with Crippen LogP contribution in [0.25, 0.3) is 0 Å². The zero-order valence-electron chi connectivity index (χ0n) is 11.4.